The molecular formula is C5H11NO2. The minimum absolute atomic E-state index is 0.139. The van der Waals surface area contributed by atoms with Crippen LogP contribution in [0.15, 0.2) is 0 Å². The number of hydrogen-bond acceptors (Lipinski definition) is 3. The Morgan fingerprint density at radius 2 is 2.62 bits per heavy atom. The highest BCUT2D eigenvalue weighted by atomic mass is 17.2. The lowest BCUT2D eigenvalue weighted by atomic mass is 10.4. The van der Waals surface area contributed by atoms with E-state index in [1.807, 2.05) is 6.92 Å². The van der Waals surface area contributed by atoms with Gasteiger partial charge < -0.3 is 0 Å². The van der Waals surface area contributed by atoms with Gasteiger partial charge in [-0.2, -0.15) is 0 Å². The highest BCUT2D eigenvalue weighted by Crippen LogP contribution is 2.03. The van der Waals surface area contributed by atoms with Crippen LogP contribution in [0.3, 0.4) is 0 Å². The molecule has 1 saturated heterocycles. The van der Waals surface area contributed by atoms with Crippen LogP contribution in [0, 0.1) is 0 Å². The van der Waals surface area contributed by atoms with Crippen molar-refractivity contribution in [1.82, 2.24) is 5.32 Å². The SMILES string of the molecule is CCNC1CCOO1. The van der Waals surface area contributed by atoms with Crippen molar-refractivity contribution < 1.29 is 9.78 Å². The van der Waals surface area contributed by atoms with Crippen LogP contribution in [0.1, 0.15) is 13.3 Å². The maximum absolute atomic E-state index is 4.78. The lowest BCUT2D eigenvalue weighted by Crippen LogP contribution is -2.27. The average Bonchev–Trinajstić information content (AvgIpc) is 2.19. The third kappa shape index (κ3) is 1.43. The second kappa shape index (κ2) is 3.02. The lowest BCUT2D eigenvalue weighted by Gasteiger charge is -2.04. The van der Waals surface area contributed by atoms with E-state index in [9.17, 15) is 0 Å². The largest absolute Gasteiger partial charge is 0.290 e. The molecule has 0 bridgehead atoms. The fourth-order valence-electron chi connectivity index (χ4n) is 0.697. The number of nitrogens with one attached hydrogen (secondary N) is 1. The number of rotatable bonds is 2. The second-order valence-electron chi connectivity index (χ2n) is 1.75. The van der Waals surface area contributed by atoms with Gasteiger partial charge >= 0.3 is 0 Å². The molecule has 8 heavy (non-hydrogen) atoms. The van der Waals surface area contributed by atoms with Gasteiger partial charge in [0.05, 0.1) is 6.61 Å². The standard InChI is InChI=1S/C5H11NO2/c1-2-6-5-3-4-7-8-5/h5-6H,2-4H2,1H3. The quantitative estimate of drug-likeness (QED) is 0.527. The third-order valence-electron chi connectivity index (χ3n) is 1.08. The zero-order valence-electron chi connectivity index (χ0n) is 5.02. The maximum atomic E-state index is 4.78. The first-order valence-corrected chi connectivity index (χ1v) is 2.95. The predicted octanol–water partition coefficient (Wildman–Crippen LogP) is 0.274. The molecule has 3 heteroatoms. The molecule has 0 spiro atoms. The van der Waals surface area contributed by atoms with Crippen molar-refractivity contribution in [3.63, 3.8) is 0 Å². The van der Waals surface area contributed by atoms with E-state index in [0.717, 1.165) is 19.6 Å². The Labute approximate surface area is 48.9 Å². The molecule has 1 aliphatic rings. The van der Waals surface area contributed by atoms with Crippen molar-refractivity contribution in [2.75, 3.05) is 13.2 Å². The fraction of sp³-hybridized carbons (Fsp3) is 1.00. The fourth-order valence-corrected chi connectivity index (χ4v) is 0.697. The normalized spacial score (nSPS) is 28.9. The van der Waals surface area contributed by atoms with Crippen molar-refractivity contribution in [3.05, 3.63) is 0 Å². The van der Waals surface area contributed by atoms with Crippen LogP contribution in [0.2, 0.25) is 0 Å². The summed E-state index contributed by atoms with van der Waals surface area (Å²) in [4.78, 5) is 9.43. The first-order chi connectivity index (χ1) is 3.93. The van der Waals surface area contributed by atoms with Crippen molar-refractivity contribution in [2.45, 2.75) is 19.6 Å². The Balaban J connectivity index is 2.06. The average molecular weight is 117 g/mol. The molecule has 0 aliphatic carbocycles. The van der Waals surface area contributed by atoms with Crippen molar-refractivity contribution in [1.29, 1.82) is 0 Å². The van der Waals surface area contributed by atoms with Crippen molar-refractivity contribution in [3.8, 4) is 0 Å². The van der Waals surface area contributed by atoms with Crippen LogP contribution in [0.5, 0.6) is 0 Å². The summed E-state index contributed by atoms with van der Waals surface area (Å²) >= 11 is 0. The van der Waals surface area contributed by atoms with E-state index < -0.39 is 0 Å². The van der Waals surface area contributed by atoms with Gasteiger partial charge in [0.1, 0.15) is 6.23 Å². The lowest BCUT2D eigenvalue weighted by molar-refractivity contribution is -0.279. The van der Waals surface area contributed by atoms with Crippen LogP contribution < -0.4 is 5.32 Å². The van der Waals surface area contributed by atoms with Gasteiger partial charge in [0, 0.05) is 6.42 Å². The molecule has 1 aliphatic heterocycles. The van der Waals surface area contributed by atoms with Crippen LogP contribution in [0.25, 0.3) is 0 Å². The highest BCUT2D eigenvalue weighted by Gasteiger charge is 2.14. The predicted molar refractivity (Wildman–Crippen MR) is 29.1 cm³/mol. The minimum atomic E-state index is 0.139. The first-order valence-electron chi connectivity index (χ1n) is 2.95. The molecule has 3 nitrogen and oxygen atoms in total. The molecule has 1 unspecified atom stereocenters. The Morgan fingerprint density at radius 3 is 3.12 bits per heavy atom. The van der Waals surface area contributed by atoms with Gasteiger partial charge in [-0.15, -0.1) is 0 Å². The molecule has 0 radical (unpaired) electrons. The summed E-state index contributed by atoms with van der Waals surface area (Å²) < 4.78 is 0. The minimum Gasteiger partial charge on any atom is -0.290 e. The number of hydrogen-bond donors (Lipinski definition) is 1. The van der Waals surface area contributed by atoms with Crippen LogP contribution in [-0.4, -0.2) is 19.4 Å². The summed E-state index contributed by atoms with van der Waals surface area (Å²) in [5.41, 5.74) is 0. The smallest absolute Gasteiger partial charge is 0.146 e. The zero-order chi connectivity index (χ0) is 5.82. The molecule has 48 valence electrons. The van der Waals surface area contributed by atoms with Crippen LogP contribution in [0.4, 0.5) is 0 Å². The molecule has 1 heterocycles. The molecule has 0 aromatic rings. The van der Waals surface area contributed by atoms with E-state index in [2.05, 4.69) is 10.2 Å². The Kier molecular flexibility index (Phi) is 2.27. The van der Waals surface area contributed by atoms with Crippen LogP contribution >= 0.6 is 0 Å². The van der Waals surface area contributed by atoms with E-state index in [1.165, 1.54) is 0 Å². The maximum Gasteiger partial charge on any atom is 0.146 e. The first kappa shape index (κ1) is 6.01. The molecule has 1 atom stereocenters. The summed E-state index contributed by atoms with van der Waals surface area (Å²) in [7, 11) is 0. The summed E-state index contributed by atoms with van der Waals surface area (Å²) in [5.74, 6) is 0. The summed E-state index contributed by atoms with van der Waals surface area (Å²) in [6.45, 7) is 3.70. The Bertz CT molecular complexity index is 61.4. The summed E-state index contributed by atoms with van der Waals surface area (Å²) in [6.07, 6.45) is 1.10. The summed E-state index contributed by atoms with van der Waals surface area (Å²) in [5, 5.41) is 3.10. The van der Waals surface area contributed by atoms with Gasteiger partial charge in [-0.05, 0) is 6.54 Å². The third-order valence-corrected chi connectivity index (χ3v) is 1.08. The summed E-state index contributed by atoms with van der Waals surface area (Å²) in [6, 6.07) is 0. The molecule has 0 amide bonds. The van der Waals surface area contributed by atoms with E-state index in [-0.39, 0.29) is 6.23 Å². The topological polar surface area (TPSA) is 30.5 Å². The molecular weight excluding hydrogens is 106 g/mol. The monoisotopic (exact) mass is 117 g/mol. The van der Waals surface area contributed by atoms with E-state index in [1.54, 1.807) is 0 Å². The second-order valence-corrected chi connectivity index (χ2v) is 1.75. The molecule has 0 aromatic carbocycles. The van der Waals surface area contributed by atoms with E-state index in [0.29, 0.717) is 0 Å². The van der Waals surface area contributed by atoms with Gasteiger partial charge in [0.15, 0.2) is 0 Å². The molecule has 1 fully saturated rings. The van der Waals surface area contributed by atoms with Crippen molar-refractivity contribution in [2.24, 2.45) is 0 Å². The Hall–Kier alpha value is -0.120. The van der Waals surface area contributed by atoms with E-state index >= 15 is 0 Å². The van der Waals surface area contributed by atoms with Gasteiger partial charge in [0.25, 0.3) is 0 Å². The van der Waals surface area contributed by atoms with Gasteiger partial charge in [0.2, 0.25) is 0 Å². The van der Waals surface area contributed by atoms with Crippen molar-refractivity contribution >= 4 is 0 Å². The highest BCUT2D eigenvalue weighted by molar-refractivity contribution is 4.53. The van der Waals surface area contributed by atoms with Gasteiger partial charge in [-0.3, -0.25) is 5.32 Å². The molecule has 1 N–H and O–H groups in total. The molecule has 1 rings (SSSR count). The molecule has 0 saturated carbocycles. The van der Waals surface area contributed by atoms with Gasteiger partial charge in [-0.1, -0.05) is 6.92 Å². The zero-order valence-corrected chi connectivity index (χ0v) is 5.02. The Morgan fingerprint density at radius 1 is 1.75 bits per heavy atom. The van der Waals surface area contributed by atoms with E-state index in [4.69, 9.17) is 4.89 Å². The van der Waals surface area contributed by atoms with Gasteiger partial charge in [-0.25, -0.2) is 9.78 Å². The van der Waals surface area contributed by atoms with Crippen LogP contribution in [-0.2, 0) is 9.78 Å². The molecule has 0 aromatic heterocycles.